The molecule has 0 aliphatic heterocycles. The number of para-hydroxylation sites is 1. The summed E-state index contributed by atoms with van der Waals surface area (Å²) in [6.07, 6.45) is 0.466. The number of carbonyl (C=O) groups excluding carboxylic acids is 3. The second-order valence-corrected chi connectivity index (χ2v) is 26.1. The molecule has 0 bridgehead atoms. The van der Waals surface area contributed by atoms with Gasteiger partial charge in [0.25, 0.3) is 0 Å². The van der Waals surface area contributed by atoms with E-state index in [0.717, 1.165) is 67.6 Å². The molecule has 0 radical (unpaired) electrons. The van der Waals surface area contributed by atoms with Gasteiger partial charge in [0.1, 0.15) is 25.0 Å². The van der Waals surface area contributed by atoms with Crippen molar-refractivity contribution in [1.82, 2.24) is 20.3 Å². The number of ketones is 1. The van der Waals surface area contributed by atoms with Crippen molar-refractivity contribution in [2.45, 2.75) is 89.2 Å². The zero-order chi connectivity index (χ0) is 63.0. The summed E-state index contributed by atoms with van der Waals surface area (Å²) in [6, 6.07) is 9.95. The molecular formula is C51H62BrCl2F7N5O13PS2. The summed E-state index contributed by atoms with van der Waals surface area (Å²) >= 11 is 14.4. The first-order valence-electron chi connectivity index (χ1n) is 24.0. The average Bonchev–Trinajstić information content (AvgIpc) is 4.20. The molecule has 2 unspecified atom stereocenters. The third-order valence-electron chi connectivity index (χ3n) is 10.6. The Morgan fingerprint density at radius 2 is 1.62 bits per heavy atom. The third-order valence-corrected chi connectivity index (χ3v) is 13.7. The number of ether oxygens (including phenoxy) is 2. The van der Waals surface area contributed by atoms with Crippen LogP contribution < -0.4 is 15.1 Å². The molecule has 2 aromatic heterocycles. The SMILES string of the molecule is CC(C)OC(=O)c1cc(-c2nn(C)c(C(F)(F)F)c2Br)c(F)cc1Cl.CCc1cccc(C)c1N(C(=O)CCl)C(C)COC.CS(=O)(=O)c1cc(C(F)(F)F)ccc1C(=O)c1cnoc1C1CC1.C[S+](C)C.O=C(O)CNCP(=O)([O-])O. The van der Waals surface area contributed by atoms with Crippen LogP contribution in [0.3, 0.4) is 0 Å². The molecule has 1 aliphatic rings. The number of carbonyl (C=O) groups is 4. The minimum atomic E-state index is -4.71. The van der Waals surface area contributed by atoms with E-state index < -0.39 is 92.9 Å². The Labute approximate surface area is 490 Å². The second-order valence-electron chi connectivity index (χ2n) is 18.6. The first-order chi connectivity index (χ1) is 37.7. The van der Waals surface area contributed by atoms with Gasteiger partial charge in [0.2, 0.25) is 5.91 Å². The van der Waals surface area contributed by atoms with E-state index in [1.54, 1.807) is 25.9 Å². The van der Waals surface area contributed by atoms with Gasteiger partial charge in [-0.05, 0) is 115 Å². The van der Waals surface area contributed by atoms with Gasteiger partial charge < -0.3 is 38.4 Å². The minimum Gasteiger partial charge on any atom is -0.778 e. The molecule has 2 heterocycles. The molecule has 1 amide bonds. The van der Waals surface area contributed by atoms with Crippen LogP contribution in [-0.4, -0.2) is 127 Å². The Balaban J connectivity index is 0.000000379. The molecule has 5 aromatic rings. The van der Waals surface area contributed by atoms with Crippen LogP contribution in [0.2, 0.25) is 5.02 Å². The normalized spacial score (nSPS) is 13.4. The number of aryl methyl sites for hydroxylation is 3. The number of halogens is 10. The van der Waals surface area contributed by atoms with Crippen molar-refractivity contribution in [2.75, 3.05) is 62.4 Å². The number of anilines is 1. The lowest BCUT2D eigenvalue weighted by atomic mass is 10.0. The van der Waals surface area contributed by atoms with Crippen molar-refractivity contribution in [3.63, 3.8) is 0 Å². The van der Waals surface area contributed by atoms with Gasteiger partial charge in [-0.3, -0.25) is 24.4 Å². The van der Waals surface area contributed by atoms with Gasteiger partial charge in [-0.15, -0.1) is 11.6 Å². The topological polar surface area (TPSA) is 261 Å². The number of amides is 1. The molecule has 3 N–H and O–H groups in total. The summed E-state index contributed by atoms with van der Waals surface area (Å²) in [5, 5.41) is 17.0. The van der Waals surface area contributed by atoms with E-state index in [1.165, 1.54) is 6.20 Å². The fourth-order valence-electron chi connectivity index (χ4n) is 7.16. The fourth-order valence-corrected chi connectivity index (χ4v) is 9.59. The quantitative estimate of drug-likeness (QED) is 0.0195. The van der Waals surface area contributed by atoms with Gasteiger partial charge in [-0.2, -0.15) is 31.4 Å². The monoisotopic (exact) mass is 1330 g/mol. The lowest BCUT2D eigenvalue weighted by Gasteiger charge is -2.31. The number of carboxylic acid groups (broad SMARTS) is 1. The summed E-state index contributed by atoms with van der Waals surface area (Å²) in [6.45, 7) is 9.31. The number of sulfone groups is 1. The number of methoxy groups -OCH3 is 1. The average molecular weight is 1330 g/mol. The highest BCUT2D eigenvalue weighted by Gasteiger charge is 2.40. The molecule has 1 fully saturated rings. The van der Waals surface area contributed by atoms with Gasteiger partial charge in [-0.25, -0.2) is 17.6 Å². The first kappa shape index (κ1) is 73.2. The molecule has 456 valence electrons. The van der Waals surface area contributed by atoms with Crippen LogP contribution in [0, 0.1) is 12.7 Å². The van der Waals surface area contributed by atoms with Crippen LogP contribution in [0.15, 0.2) is 68.6 Å². The standard InChI is InChI=1S/C15H12BrClF4N2O2.C15H22ClNO2.C15H12F3NO4S.C3H8NO5P.C3H9S/c1-6(2)25-14(24)7-4-8(10(18)5-9(7)17)12-11(16)13(15(19,20)21)23(3)22-12;1-5-13-8-6-7-11(2)15(13)17(14(18)9-16)12(3)10-19-4;1-24(21,22)12-6-9(15(16,17)18)4-5-10(12)13(20)11-7-19-23-14(11)8-2-3-8;5-3(6)1-4-2-10(7,8)9;1-4(2)3/h4-6H,1-3H3;6-8,12H,5,9-10H2,1-4H3;4-8H,2-3H2,1H3;4H,1-2H2,(H,5,6)(H2,7,8,9);1-3H3/q;;;;+1/p-1. The number of alkyl halides is 7. The van der Waals surface area contributed by atoms with E-state index in [0.29, 0.717) is 40.1 Å². The Morgan fingerprint density at radius 1 is 1.02 bits per heavy atom. The van der Waals surface area contributed by atoms with Gasteiger partial charge in [0, 0.05) is 37.5 Å². The van der Waals surface area contributed by atoms with Crippen molar-refractivity contribution in [3.05, 3.63) is 115 Å². The second kappa shape index (κ2) is 31.8. The lowest BCUT2D eigenvalue weighted by molar-refractivity contribution is -0.193. The van der Waals surface area contributed by atoms with E-state index in [1.807, 2.05) is 31.3 Å². The zero-order valence-electron chi connectivity index (χ0n) is 46.1. The molecule has 3 aromatic carbocycles. The van der Waals surface area contributed by atoms with Crippen LogP contribution >= 0.6 is 46.7 Å². The molecular weight excluding hydrogens is 1270 g/mol. The zero-order valence-corrected chi connectivity index (χ0v) is 51.7. The highest BCUT2D eigenvalue weighted by Crippen LogP contribution is 2.43. The Bertz CT molecular complexity index is 3170. The van der Waals surface area contributed by atoms with E-state index in [2.05, 4.69) is 57.9 Å². The maximum atomic E-state index is 14.3. The number of benzene rings is 3. The molecule has 31 heteroatoms. The highest BCUT2D eigenvalue weighted by atomic mass is 79.9. The molecule has 2 atom stereocenters. The number of rotatable bonds is 17. The Hall–Kier alpha value is -4.90. The number of hydrogen-bond donors (Lipinski definition) is 3. The molecule has 18 nitrogen and oxygen atoms in total. The van der Waals surface area contributed by atoms with E-state index in [4.69, 9.17) is 47.2 Å². The summed E-state index contributed by atoms with van der Waals surface area (Å²) in [4.78, 5) is 65.7. The number of aliphatic carboxylic acids is 1. The minimum absolute atomic E-state index is 0.0223. The number of aromatic nitrogens is 3. The molecule has 1 saturated carbocycles. The van der Waals surface area contributed by atoms with E-state index >= 15 is 0 Å². The summed E-state index contributed by atoms with van der Waals surface area (Å²) in [5.41, 5.74) is -0.0194. The van der Waals surface area contributed by atoms with Crippen LogP contribution in [0.4, 0.5) is 36.4 Å². The predicted octanol–water partition coefficient (Wildman–Crippen LogP) is 10.3. The maximum absolute atomic E-state index is 14.3. The van der Waals surface area contributed by atoms with Crippen LogP contribution in [0.25, 0.3) is 11.3 Å². The number of esters is 1. The van der Waals surface area contributed by atoms with Crippen LogP contribution in [0.1, 0.15) is 101 Å². The lowest BCUT2D eigenvalue weighted by Crippen LogP contribution is -2.43. The first-order valence-corrected chi connectivity index (χ1v) is 31.8. The number of nitrogens with zero attached hydrogens (tertiary/aromatic N) is 4. The third kappa shape index (κ3) is 22.6. The van der Waals surface area contributed by atoms with Crippen molar-refractivity contribution < 1.29 is 91.8 Å². The largest absolute Gasteiger partial charge is 0.778 e. The molecule has 0 saturated heterocycles. The summed E-state index contributed by atoms with van der Waals surface area (Å²) < 4.78 is 141. The molecule has 1 aliphatic carbocycles. The van der Waals surface area contributed by atoms with E-state index in [-0.39, 0.29) is 56.7 Å². The van der Waals surface area contributed by atoms with Crippen molar-refractivity contribution in [1.29, 1.82) is 0 Å². The van der Waals surface area contributed by atoms with Gasteiger partial charge >= 0.3 is 24.3 Å². The van der Waals surface area contributed by atoms with Gasteiger partial charge in [0.05, 0.1) is 93.3 Å². The van der Waals surface area contributed by atoms with Crippen LogP contribution in [-0.2, 0) is 70.2 Å². The number of nitrogens with one attached hydrogen (secondary N) is 1. The van der Waals surface area contributed by atoms with Crippen LogP contribution in [0.5, 0.6) is 0 Å². The summed E-state index contributed by atoms with van der Waals surface area (Å²) in [5.74, 6) is -3.34. The Kier molecular flexibility index (Phi) is 28.4. The van der Waals surface area contributed by atoms with E-state index in [9.17, 15) is 67.8 Å². The van der Waals surface area contributed by atoms with Gasteiger partial charge in [-0.1, -0.05) is 41.9 Å². The molecule has 0 spiro atoms. The van der Waals surface area contributed by atoms with Crippen molar-refractivity contribution >= 4 is 96.8 Å². The predicted molar refractivity (Wildman–Crippen MR) is 299 cm³/mol. The maximum Gasteiger partial charge on any atom is 0.434 e. The molecule has 6 rings (SSSR count). The number of hydrogen-bond acceptors (Lipinski definition) is 14. The van der Waals surface area contributed by atoms with Crippen molar-refractivity contribution in [2.24, 2.45) is 7.05 Å². The summed E-state index contributed by atoms with van der Waals surface area (Å²) in [7, 11) is -5.03. The fraction of sp³-hybridized carbons (Fsp3) is 0.451. The molecule has 82 heavy (non-hydrogen) atoms. The van der Waals surface area contributed by atoms with Crippen molar-refractivity contribution in [3.8, 4) is 11.3 Å². The van der Waals surface area contributed by atoms with Gasteiger partial charge in [0.15, 0.2) is 27.1 Å². The smallest absolute Gasteiger partial charge is 0.434 e. The Morgan fingerprint density at radius 3 is 2.09 bits per heavy atom. The highest BCUT2D eigenvalue weighted by molar-refractivity contribution is 9.10. The number of carboxylic acids is 1.